The minimum absolute atomic E-state index is 0.167. The van der Waals surface area contributed by atoms with Crippen molar-refractivity contribution in [3.05, 3.63) is 78.4 Å². The average Bonchev–Trinajstić information content (AvgIpc) is 3.50. The smallest absolute Gasteiger partial charge is 0.221 e. The number of anilines is 1. The van der Waals surface area contributed by atoms with Crippen LogP contribution >= 0.6 is 0 Å². The molecule has 6 aromatic rings. The van der Waals surface area contributed by atoms with Crippen molar-refractivity contribution < 1.29 is 8.78 Å². The maximum Gasteiger partial charge on any atom is 0.221 e. The van der Waals surface area contributed by atoms with Crippen LogP contribution in [0.1, 0.15) is 18.5 Å². The summed E-state index contributed by atoms with van der Waals surface area (Å²) >= 11 is 0. The van der Waals surface area contributed by atoms with E-state index in [1.54, 1.807) is 61.6 Å². The van der Waals surface area contributed by atoms with Gasteiger partial charge in [0.2, 0.25) is 5.65 Å². The quantitative estimate of drug-likeness (QED) is 0.372. The van der Waals surface area contributed by atoms with Crippen LogP contribution in [0.3, 0.4) is 0 Å². The van der Waals surface area contributed by atoms with Gasteiger partial charge in [-0.05, 0) is 25.1 Å². The Hall–Kier alpha value is -4.80. The Morgan fingerprint density at radius 1 is 0.944 bits per heavy atom. The van der Waals surface area contributed by atoms with Gasteiger partial charge in [-0.25, -0.2) is 23.4 Å². The lowest BCUT2D eigenvalue weighted by Crippen LogP contribution is -2.14. The van der Waals surface area contributed by atoms with Gasteiger partial charge in [0, 0.05) is 58.8 Å². The molecule has 11 heteroatoms. The second-order valence-corrected chi connectivity index (χ2v) is 8.51. The molecule has 0 aliphatic heterocycles. The van der Waals surface area contributed by atoms with Crippen LogP contribution in [0.5, 0.6) is 0 Å². The number of aryl methyl sites for hydroxylation is 1. The highest BCUT2D eigenvalue weighted by atomic mass is 19.1. The maximum atomic E-state index is 15.8. The SMILES string of the molecule is CC(c1c(F)cc2ncc(-c3cnn(C)c3)cc2c1F)n1nnc2ncc(-c3ccc(N)cc3)nc21. The van der Waals surface area contributed by atoms with Crippen LogP contribution < -0.4 is 5.73 Å². The van der Waals surface area contributed by atoms with Crippen LogP contribution in [-0.2, 0) is 7.05 Å². The third-order valence-corrected chi connectivity index (χ3v) is 6.13. The number of nitrogens with two attached hydrogens (primary N) is 1. The average molecular weight is 483 g/mol. The summed E-state index contributed by atoms with van der Waals surface area (Å²) in [6, 6.07) is 9.15. The van der Waals surface area contributed by atoms with Crippen molar-refractivity contribution in [2.24, 2.45) is 7.05 Å². The Kier molecular flexibility index (Phi) is 4.92. The zero-order chi connectivity index (χ0) is 25.0. The molecule has 36 heavy (non-hydrogen) atoms. The monoisotopic (exact) mass is 483 g/mol. The van der Waals surface area contributed by atoms with Gasteiger partial charge < -0.3 is 5.73 Å². The summed E-state index contributed by atoms with van der Waals surface area (Å²) in [6.45, 7) is 1.64. The van der Waals surface area contributed by atoms with E-state index in [0.717, 1.165) is 11.1 Å². The lowest BCUT2D eigenvalue weighted by Gasteiger charge is -2.16. The number of hydrogen-bond donors (Lipinski definition) is 1. The fourth-order valence-electron chi connectivity index (χ4n) is 4.23. The van der Waals surface area contributed by atoms with Gasteiger partial charge in [-0.3, -0.25) is 9.67 Å². The fraction of sp³-hybridized carbons (Fsp3) is 0.120. The normalized spacial score (nSPS) is 12.4. The van der Waals surface area contributed by atoms with Gasteiger partial charge in [0.15, 0.2) is 5.65 Å². The number of benzene rings is 2. The minimum atomic E-state index is -0.864. The van der Waals surface area contributed by atoms with Crippen LogP contribution in [0, 0.1) is 11.6 Å². The Bertz CT molecular complexity index is 1760. The van der Waals surface area contributed by atoms with Gasteiger partial charge >= 0.3 is 0 Å². The number of aromatic nitrogens is 8. The topological polar surface area (TPSA) is 113 Å². The van der Waals surface area contributed by atoms with Crippen LogP contribution in [-0.4, -0.2) is 39.7 Å². The highest BCUT2D eigenvalue weighted by Gasteiger charge is 2.25. The Labute approximate surface area is 203 Å². The molecule has 0 amide bonds. The summed E-state index contributed by atoms with van der Waals surface area (Å²) in [5, 5.41) is 12.5. The number of pyridine rings is 1. The Balaban J connectivity index is 1.47. The summed E-state index contributed by atoms with van der Waals surface area (Å²) in [5.41, 5.74) is 9.81. The molecule has 4 heterocycles. The van der Waals surface area contributed by atoms with Crippen LogP contribution in [0.4, 0.5) is 14.5 Å². The number of halogens is 2. The van der Waals surface area contributed by atoms with Crippen molar-refractivity contribution in [1.29, 1.82) is 0 Å². The van der Waals surface area contributed by atoms with E-state index in [2.05, 4.69) is 30.4 Å². The molecular formula is C25H19F2N9. The van der Waals surface area contributed by atoms with Crippen molar-refractivity contribution in [3.8, 4) is 22.4 Å². The van der Waals surface area contributed by atoms with E-state index >= 15 is 8.78 Å². The molecule has 4 aromatic heterocycles. The van der Waals surface area contributed by atoms with E-state index in [9.17, 15) is 0 Å². The maximum absolute atomic E-state index is 15.8. The molecular weight excluding hydrogens is 464 g/mol. The van der Waals surface area contributed by atoms with Gasteiger partial charge in [0.1, 0.15) is 11.6 Å². The van der Waals surface area contributed by atoms with E-state index in [-0.39, 0.29) is 22.1 Å². The molecule has 0 saturated carbocycles. The number of hydrogen-bond acceptors (Lipinski definition) is 7. The second-order valence-electron chi connectivity index (χ2n) is 8.51. The van der Waals surface area contributed by atoms with E-state index in [1.807, 2.05) is 12.1 Å². The zero-order valence-electron chi connectivity index (χ0n) is 19.3. The molecule has 0 spiro atoms. The molecule has 1 unspecified atom stereocenters. The fourth-order valence-corrected chi connectivity index (χ4v) is 4.23. The first-order chi connectivity index (χ1) is 17.4. The van der Waals surface area contributed by atoms with Crippen molar-refractivity contribution in [1.82, 2.24) is 39.7 Å². The third-order valence-electron chi connectivity index (χ3n) is 6.13. The molecule has 178 valence electrons. The second kappa shape index (κ2) is 8.15. The van der Waals surface area contributed by atoms with Crippen LogP contribution in [0.15, 0.2) is 61.2 Å². The molecule has 6 rings (SSSR count). The molecule has 2 aromatic carbocycles. The largest absolute Gasteiger partial charge is 0.399 e. The van der Waals surface area contributed by atoms with Crippen molar-refractivity contribution in [3.63, 3.8) is 0 Å². The van der Waals surface area contributed by atoms with Crippen molar-refractivity contribution >= 4 is 27.9 Å². The number of nitrogens with zero attached hydrogens (tertiary/aromatic N) is 8. The third kappa shape index (κ3) is 3.52. The number of fused-ring (bicyclic) bond motifs is 2. The minimum Gasteiger partial charge on any atom is -0.399 e. The molecule has 1 atom stereocenters. The zero-order valence-corrected chi connectivity index (χ0v) is 19.3. The summed E-state index contributed by atoms with van der Waals surface area (Å²) in [5.74, 6) is -1.46. The van der Waals surface area contributed by atoms with Crippen molar-refractivity contribution in [2.45, 2.75) is 13.0 Å². The first-order valence-corrected chi connectivity index (χ1v) is 11.1. The highest BCUT2D eigenvalue weighted by Crippen LogP contribution is 2.32. The number of nitrogen functional groups attached to an aromatic ring is 1. The van der Waals surface area contributed by atoms with E-state index in [1.165, 1.54) is 10.7 Å². The van der Waals surface area contributed by atoms with Crippen molar-refractivity contribution in [2.75, 3.05) is 5.73 Å². The standard InChI is InChI=1S/C25H19F2N9/c1-13(36-25-24(33-34-36)30-11-21(32-25)14-3-5-17(28)6-4-14)22-19(26)8-20-18(23(22)27)7-15(9-29-20)16-10-31-35(2)12-16/h3-13H,28H2,1-2H3. The Morgan fingerprint density at radius 3 is 2.50 bits per heavy atom. The summed E-state index contributed by atoms with van der Waals surface area (Å²) in [6.07, 6.45) is 6.60. The molecule has 2 N–H and O–H groups in total. The molecule has 0 saturated heterocycles. The van der Waals surface area contributed by atoms with Crippen LogP contribution in [0.25, 0.3) is 44.6 Å². The van der Waals surface area contributed by atoms with E-state index < -0.39 is 17.7 Å². The van der Waals surface area contributed by atoms with E-state index in [4.69, 9.17) is 5.73 Å². The summed E-state index contributed by atoms with van der Waals surface area (Å²) < 4.78 is 34.1. The molecule has 9 nitrogen and oxygen atoms in total. The first-order valence-electron chi connectivity index (χ1n) is 11.1. The Morgan fingerprint density at radius 2 is 1.75 bits per heavy atom. The molecule has 0 aliphatic rings. The molecule has 0 fully saturated rings. The van der Waals surface area contributed by atoms with Gasteiger partial charge in [-0.2, -0.15) is 5.10 Å². The van der Waals surface area contributed by atoms with E-state index in [0.29, 0.717) is 22.6 Å². The lowest BCUT2D eigenvalue weighted by molar-refractivity contribution is 0.484. The molecule has 0 aliphatic carbocycles. The summed E-state index contributed by atoms with van der Waals surface area (Å²) in [4.78, 5) is 13.2. The molecule has 0 radical (unpaired) electrons. The van der Waals surface area contributed by atoms with Crippen LogP contribution in [0.2, 0.25) is 0 Å². The van der Waals surface area contributed by atoms with Gasteiger partial charge in [-0.1, -0.05) is 17.3 Å². The predicted molar refractivity (Wildman–Crippen MR) is 131 cm³/mol. The van der Waals surface area contributed by atoms with Gasteiger partial charge in [0.05, 0.1) is 29.6 Å². The molecule has 0 bridgehead atoms. The summed E-state index contributed by atoms with van der Waals surface area (Å²) in [7, 11) is 1.79. The van der Waals surface area contributed by atoms with Gasteiger partial charge in [-0.15, -0.1) is 5.10 Å². The number of rotatable bonds is 4. The first kappa shape index (κ1) is 21.7. The predicted octanol–water partition coefficient (Wildman–Crippen LogP) is 4.31. The van der Waals surface area contributed by atoms with Gasteiger partial charge in [0.25, 0.3) is 0 Å². The lowest BCUT2D eigenvalue weighted by atomic mass is 10.0. The highest BCUT2D eigenvalue weighted by molar-refractivity contribution is 5.85.